The summed E-state index contributed by atoms with van der Waals surface area (Å²) in [7, 11) is 0. The van der Waals surface area contributed by atoms with Gasteiger partial charge in [0.2, 0.25) is 0 Å². The first kappa shape index (κ1) is 20.0. The fourth-order valence-electron chi connectivity index (χ4n) is 2.56. The van der Waals surface area contributed by atoms with E-state index in [4.69, 9.17) is 17.0 Å². The lowest BCUT2D eigenvalue weighted by Crippen LogP contribution is -2.29. The highest BCUT2D eigenvalue weighted by atomic mass is 32.1. The zero-order valence-corrected chi connectivity index (χ0v) is 16.4. The number of hydrogen-bond donors (Lipinski definition) is 2. The second-order valence-corrected chi connectivity index (χ2v) is 6.92. The molecule has 0 aromatic heterocycles. The number of anilines is 1. The van der Waals surface area contributed by atoms with Gasteiger partial charge in [-0.2, -0.15) is 0 Å². The molecule has 0 bridgehead atoms. The summed E-state index contributed by atoms with van der Waals surface area (Å²) < 4.78 is 5.53. The maximum Gasteiger partial charge on any atom is 0.170 e. The molecule has 0 saturated heterocycles. The van der Waals surface area contributed by atoms with Crippen molar-refractivity contribution in [2.24, 2.45) is 0 Å². The summed E-state index contributed by atoms with van der Waals surface area (Å²) in [6.07, 6.45) is 3.80. The number of ether oxygens (including phenoxy) is 1. The van der Waals surface area contributed by atoms with Gasteiger partial charge in [0.05, 0.1) is 0 Å². The van der Waals surface area contributed by atoms with E-state index in [0.717, 1.165) is 30.8 Å². The quantitative estimate of drug-likeness (QED) is 0.358. The molecule has 0 fully saturated rings. The molecule has 0 spiro atoms. The topological polar surface area (TPSA) is 33.3 Å². The number of aryl methyl sites for hydroxylation is 1. The van der Waals surface area contributed by atoms with E-state index in [1.807, 2.05) is 24.3 Å². The first-order valence-electron chi connectivity index (χ1n) is 9.06. The molecule has 0 aliphatic heterocycles. The van der Waals surface area contributed by atoms with Gasteiger partial charge in [0.15, 0.2) is 5.11 Å². The Morgan fingerprint density at radius 2 is 1.96 bits per heavy atom. The van der Waals surface area contributed by atoms with E-state index in [-0.39, 0.29) is 0 Å². The molecule has 0 atom stereocenters. The zero-order chi connectivity index (χ0) is 18.8. The third-order valence-electron chi connectivity index (χ3n) is 4.03. The normalized spacial score (nSPS) is 10.4. The van der Waals surface area contributed by atoms with Gasteiger partial charge in [-0.15, -0.1) is 0 Å². The molecule has 0 aliphatic carbocycles. The molecule has 2 aromatic carbocycles. The lowest BCUT2D eigenvalue weighted by atomic mass is 10.0. The molecular formula is C22H28N2OS. The summed E-state index contributed by atoms with van der Waals surface area (Å²) in [5.74, 6) is 1.37. The van der Waals surface area contributed by atoms with Crippen LogP contribution in [0, 0.1) is 0 Å². The minimum atomic E-state index is 0.490. The van der Waals surface area contributed by atoms with Crippen LogP contribution in [0.25, 0.3) is 0 Å². The van der Waals surface area contributed by atoms with Crippen molar-refractivity contribution in [1.29, 1.82) is 0 Å². The van der Waals surface area contributed by atoms with Gasteiger partial charge in [-0.05, 0) is 54.2 Å². The number of benzene rings is 2. The SMILES string of the molecule is C=CCOc1cccc(NC(=S)NCCCc2ccc(C(C)C)cc2)c1. The van der Waals surface area contributed by atoms with Crippen molar-refractivity contribution in [2.75, 3.05) is 18.5 Å². The summed E-state index contributed by atoms with van der Waals surface area (Å²) >= 11 is 5.36. The van der Waals surface area contributed by atoms with E-state index < -0.39 is 0 Å². The maximum atomic E-state index is 5.53. The molecule has 2 N–H and O–H groups in total. The largest absolute Gasteiger partial charge is 0.489 e. The summed E-state index contributed by atoms with van der Waals surface area (Å²) in [6, 6.07) is 16.6. The summed E-state index contributed by atoms with van der Waals surface area (Å²) in [5, 5.41) is 7.07. The number of hydrogen-bond acceptors (Lipinski definition) is 2. The molecule has 0 amide bonds. The smallest absolute Gasteiger partial charge is 0.170 e. The van der Waals surface area contributed by atoms with Gasteiger partial charge < -0.3 is 15.4 Å². The Bertz CT molecular complexity index is 710. The molecular weight excluding hydrogens is 340 g/mol. The van der Waals surface area contributed by atoms with Crippen LogP contribution in [0.2, 0.25) is 0 Å². The number of nitrogens with one attached hydrogen (secondary N) is 2. The van der Waals surface area contributed by atoms with Gasteiger partial charge in [0, 0.05) is 18.3 Å². The Hall–Kier alpha value is -2.33. The Kier molecular flexibility index (Phi) is 8.16. The molecule has 0 saturated carbocycles. The molecule has 0 aliphatic rings. The van der Waals surface area contributed by atoms with Crippen molar-refractivity contribution < 1.29 is 4.74 Å². The van der Waals surface area contributed by atoms with Crippen LogP contribution < -0.4 is 15.4 Å². The van der Waals surface area contributed by atoms with E-state index in [2.05, 4.69) is 55.3 Å². The van der Waals surface area contributed by atoms with Crippen LogP contribution in [0.5, 0.6) is 5.75 Å². The monoisotopic (exact) mass is 368 g/mol. The average molecular weight is 369 g/mol. The second-order valence-electron chi connectivity index (χ2n) is 6.51. The summed E-state index contributed by atoms with van der Waals surface area (Å²) in [5.41, 5.74) is 3.66. The van der Waals surface area contributed by atoms with E-state index in [0.29, 0.717) is 17.6 Å². The Morgan fingerprint density at radius 3 is 2.65 bits per heavy atom. The molecule has 138 valence electrons. The number of thiocarbonyl (C=S) groups is 1. The standard InChI is InChI=1S/C22H28N2OS/c1-4-15-25-21-9-5-8-20(16-21)24-22(26)23-14-6-7-18-10-12-19(13-11-18)17(2)3/h4-5,8-13,16-17H,1,6-7,14-15H2,2-3H3,(H2,23,24,26). The highest BCUT2D eigenvalue weighted by Gasteiger charge is 2.01. The average Bonchev–Trinajstić information content (AvgIpc) is 2.64. The third kappa shape index (κ3) is 6.89. The predicted molar refractivity (Wildman–Crippen MR) is 115 cm³/mol. The fourth-order valence-corrected chi connectivity index (χ4v) is 2.78. The van der Waals surface area contributed by atoms with Crippen molar-refractivity contribution in [1.82, 2.24) is 5.32 Å². The second kappa shape index (κ2) is 10.6. The lowest BCUT2D eigenvalue weighted by Gasteiger charge is -2.12. The van der Waals surface area contributed by atoms with Gasteiger partial charge in [0.1, 0.15) is 12.4 Å². The Morgan fingerprint density at radius 1 is 1.19 bits per heavy atom. The van der Waals surface area contributed by atoms with Crippen LogP contribution in [0.15, 0.2) is 61.2 Å². The minimum Gasteiger partial charge on any atom is -0.489 e. The van der Waals surface area contributed by atoms with Crippen LogP contribution >= 0.6 is 12.2 Å². The van der Waals surface area contributed by atoms with E-state index in [1.165, 1.54) is 11.1 Å². The minimum absolute atomic E-state index is 0.490. The molecule has 2 aromatic rings. The van der Waals surface area contributed by atoms with Gasteiger partial charge in [-0.25, -0.2) is 0 Å². The summed E-state index contributed by atoms with van der Waals surface area (Å²) in [4.78, 5) is 0. The molecule has 0 radical (unpaired) electrons. The van der Waals surface area contributed by atoms with Crippen LogP contribution in [-0.2, 0) is 6.42 Å². The van der Waals surface area contributed by atoms with E-state index >= 15 is 0 Å². The molecule has 2 rings (SSSR count). The van der Waals surface area contributed by atoms with Gasteiger partial charge in [-0.1, -0.05) is 56.8 Å². The van der Waals surface area contributed by atoms with E-state index in [9.17, 15) is 0 Å². The van der Waals surface area contributed by atoms with Crippen LogP contribution in [0.4, 0.5) is 5.69 Å². The van der Waals surface area contributed by atoms with Crippen LogP contribution in [0.1, 0.15) is 37.3 Å². The fraction of sp³-hybridized carbons (Fsp3) is 0.318. The van der Waals surface area contributed by atoms with E-state index in [1.54, 1.807) is 6.08 Å². The first-order valence-corrected chi connectivity index (χ1v) is 9.46. The van der Waals surface area contributed by atoms with Gasteiger partial charge in [0.25, 0.3) is 0 Å². The predicted octanol–water partition coefficient (Wildman–Crippen LogP) is 5.29. The Labute approximate surface area is 162 Å². The molecule has 0 unspecified atom stereocenters. The first-order chi connectivity index (χ1) is 12.6. The van der Waals surface area contributed by atoms with Crippen LogP contribution in [0.3, 0.4) is 0 Å². The lowest BCUT2D eigenvalue weighted by molar-refractivity contribution is 0.363. The van der Waals surface area contributed by atoms with Crippen molar-refractivity contribution in [3.63, 3.8) is 0 Å². The van der Waals surface area contributed by atoms with Gasteiger partial charge >= 0.3 is 0 Å². The van der Waals surface area contributed by atoms with Crippen molar-refractivity contribution in [3.05, 3.63) is 72.3 Å². The molecule has 3 nitrogen and oxygen atoms in total. The van der Waals surface area contributed by atoms with Crippen molar-refractivity contribution >= 4 is 23.0 Å². The summed E-state index contributed by atoms with van der Waals surface area (Å²) in [6.45, 7) is 9.41. The van der Waals surface area contributed by atoms with Crippen molar-refractivity contribution in [2.45, 2.75) is 32.6 Å². The zero-order valence-electron chi connectivity index (χ0n) is 15.6. The van der Waals surface area contributed by atoms with Crippen molar-refractivity contribution in [3.8, 4) is 5.75 Å². The third-order valence-corrected chi connectivity index (χ3v) is 4.28. The number of rotatable bonds is 9. The van der Waals surface area contributed by atoms with Gasteiger partial charge in [-0.3, -0.25) is 0 Å². The van der Waals surface area contributed by atoms with Crippen LogP contribution in [-0.4, -0.2) is 18.3 Å². The highest BCUT2D eigenvalue weighted by Crippen LogP contribution is 2.17. The molecule has 4 heteroatoms. The highest BCUT2D eigenvalue weighted by molar-refractivity contribution is 7.80. The molecule has 26 heavy (non-hydrogen) atoms. The Balaban J connectivity index is 1.71. The molecule has 0 heterocycles. The maximum absolute atomic E-state index is 5.53.